The number of aryl methyl sites for hydroxylation is 1. The van der Waals surface area contributed by atoms with Crippen LogP contribution >= 0.6 is 0 Å². The molecule has 0 saturated heterocycles. The number of fused-ring (bicyclic) bond motifs is 1. The second kappa shape index (κ2) is 8.61. The first kappa shape index (κ1) is 21.8. The standard InChI is InChI=1S/C24H29FN6O/c1-14(2)23-24(32)29-22-15(3)28-21(10-20(22)30(23)5)26-11-17-12-27-31(13-17)16(4)18-6-8-19(25)9-7-18/h6-10,12-14,16,23H,11H2,1-5H3,(H,26,28)(H,29,32)/t16?,23-/m0/s1. The zero-order valence-corrected chi connectivity index (χ0v) is 19.1. The van der Waals surface area contributed by atoms with Gasteiger partial charge < -0.3 is 15.5 Å². The quantitative estimate of drug-likeness (QED) is 0.601. The maximum Gasteiger partial charge on any atom is 0.247 e. The Morgan fingerprint density at radius 2 is 1.94 bits per heavy atom. The largest absolute Gasteiger partial charge is 0.366 e. The van der Waals surface area contributed by atoms with E-state index >= 15 is 0 Å². The number of aromatic nitrogens is 3. The third kappa shape index (κ3) is 4.17. The van der Waals surface area contributed by atoms with Crippen molar-refractivity contribution in [2.75, 3.05) is 22.6 Å². The van der Waals surface area contributed by atoms with Crippen LogP contribution in [0.3, 0.4) is 0 Å². The smallest absolute Gasteiger partial charge is 0.247 e. The van der Waals surface area contributed by atoms with Crippen LogP contribution in [0.2, 0.25) is 0 Å². The van der Waals surface area contributed by atoms with Crippen molar-refractivity contribution in [3.63, 3.8) is 0 Å². The molecule has 1 aliphatic rings. The average molecular weight is 437 g/mol. The predicted octanol–water partition coefficient (Wildman–Crippen LogP) is 4.36. The summed E-state index contributed by atoms with van der Waals surface area (Å²) in [5.74, 6) is 0.686. The van der Waals surface area contributed by atoms with Gasteiger partial charge in [-0.05, 0) is 37.5 Å². The first-order valence-corrected chi connectivity index (χ1v) is 10.8. The summed E-state index contributed by atoms with van der Waals surface area (Å²) in [5.41, 5.74) is 4.50. The number of benzene rings is 1. The van der Waals surface area contributed by atoms with E-state index in [1.807, 2.05) is 62.8 Å². The van der Waals surface area contributed by atoms with Gasteiger partial charge in [0.25, 0.3) is 0 Å². The molecule has 1 amide bonds. The molecule has 7 nitrogen and oxygen atoms in total. The number of amides is 1. The van der Waals surface area contributed by atoms with Crippen molar-refractivity contribution in [3.8, 4) is 0 Å². The summed E-state index contributed by atoms with van der Waals surface area (Å²) in [6.45, 7) is 8.58. The number of pyridine rings is 1. The highest BCUT2D eigenvalue weighted by atomic mass is 19.1. The highest BCUT2D eigenvalue weighted by Crippen LogP contribution is 2.36. The number of likely N-dealkylation sites (N-methyl/N-ethyl adjacent to an activating group) is 1. The van der Waals surface area contributed by atoms with Gasteiger partial charge in [-0.25, -0.2) is 9.37 Å². The Bertz CT molecular complexity index is 1120. The zero-order valence-electron chi connectivity index (χ0n) is 19.1. The van der Waals surface area contributed by atoms with Crippen LogP contribution in [0.25, 0.3) is 0 Å². The first-order valence-electron chi connectivity index (χ1n) is 10.8. The van der Waals surface area contributed by atoms with Crippen molar-refractivity contribution in [2.45, 2.75) is 46.3 Å². The third-order valence-corrected chi connectivity index (χ3v) is 6.00. The molecule has 1 aromatic carbocycles. The molecule has 1 aliphatic heterocycles. The van der Waals surface area contributed by atoms with Crippen molar-refractivity contribution in [1.82, 2.24) is 14.8 Å². The molecule has 0 spiro atoms. The van der Waals surface area contributed by atoms with Gasteiger partial charge in [-0.15, -0.1) is 0 Å². The minimum absolute atomic E-state index is 0.00121. The number of anilines is 3. The number of rotatable bonds is 6. The van der Waals surface area contributed by atoms with Crippen LogP contribution in [-0.2, 0) is 11.3 Å². The molecular weight excluding hydrogens is 407 g/mol. The van der Waals surface area contributed by atoms with Gasteiger partial charge >= 0.3 is 0 Å². The van der Waals surface area contributed by atoms with Crippen LogP contribution in [0.4, 0.5) is 21.6 Å². The number of carbonyl (C=O) groups excluding carboxylic acids is 1. The van der Waals surface area contributed by atoms with E-state index < -0.39 is 0 Å². The van der Waals surface area contributed by atoms with E-state index in [1.165, 1.54) is 12.1 Å². The highest BCUT2D eigenvalue weighted by Gasteiger charge is 2.34. The summed E-state index contributed by atoms with van der Waals surface area (Å²) in [4.78, 5) is 19.2. The van der Waals surface area contributed by atoms with Gasteiger partial charge in [0.2, 0.25) is 5.91 Å². The summed E-state index contributed by atoms with van der Waals surface area (Å²) in [6, 6.07) is 8.24. The number of nitrogens with one attached hydrogen (secondary N) is 2. The van der Waals surface area contributed by atoms with Crippen molar-refractivity contribution in [2.24, 2.45) is 5.92 Å². The topological polar surface area (TPSA) is 75.1 Å². The minimum Gasteiger partial charge on any atom is -0.366 e. The predicted molar refractivity (Wildman–Crippen MR) is 124 cm³/mol. The third-order valence-electron chi connectivity index (χ3n) is 6.00. The summed E-state index contributed by atoms with van der Waals surface area (Å²) >= 11 is 0. The maximum atomic E-state index is 13.2. The highest BCUT2D eigenvalue weighted by molar-refractivity contribution is 6.04. The fourth-order valence-corrected chi connectivity index (χ4v) is 4.22. The van der Waals surface area contributed by atoms with Crippen LogP contribution in [0, 0.1) is 18.7 Å². The monoisotopic (exact) mass is 436 g/mol. The van der Waals surface area contributed by atoms with E-state index in [1.54, 1.807) is 12.1 Å². The normalized spacial score (nSPS) is 16.7. The van der Waals surface area contributed by atoms with Crippen molar-refractivity contribution in [1.29, 1.82) is 0 Å². The number of hydrogen-bond acceptors (Lipinski definition) is 5. The lowest BCUT2D eigenvalue weighted by molar-refractivity contribution is -0.118. The average Bonchev–Trinajstić information content (AvgIpc) is 3.22. The Balaban J connectivity index is 1.49. The SMILES string of the molecule is Cc1nc(NCc2cnn(C(C)c3ccc(F)cc3)c2)cc2c1NC(=O)[C@H](C(C)C)N2C. The second-order valence-electron chi connectivity index (χ2n) is 8.69. The van der Waals surface area contributed by atoms with Gasteiger partial charge in [0.05, 0.1) is 29.3 Å². The molecular formula is C24H29FN6O. The Morgan fingerprint density at radius 1 is 1.22 bits per heavy atom. The molecule has 0 bridgehead atoms. The van der Waals surface area contributed by atoms with E-state index in [9.17, 15) is 9.18 Å². The minimum atomic E-state index is -0.246. The Hall–Kier alpha value is -3.42. The van der Waals surface area contributed by atoms with Crippen LogP contribution in [0.1, 0.15) is 43.6 Å². The molecule has 4 rings (SSSR count). The first-order chi connectivity index (χ1) is 15.2. The van der Waals surface area contributed by atoms with E-state index in [0.29, 0.717) is 6.54 Å². The van der Waals surface area contributed by atoms with Crippen LogP contribution in [0.15, 0.2) is 42.7 Å². The van der Waals surface area contributed by atoms with Crippen molar-refractivity contribution < 1.29 is 9.18 Å². The zero-order chi connectivity index (χ0) is 23.0. The number of hydrogen-bond donors (Lipinski definition) is 2. The molecule has 3 aromatic rings. The fourth-order valence-electron chi connectivity index (χ4n) is 4.22. The summed E-state index contributed by atoms with van der Waals surface area (Å²) in [6.07, 6.45) is 3.80. The molecule has 8 heteroatoms. The summed E-state index contributed by atoms with van der Waals surface area (Å²) in [7, 11) is 1.95. The van der Waals surface area contributed by atoms with Crippen LogP contribution in [-0.4, -0.2) is 33.8 Å². The maximum absolute atomic E-state index is 13.2. The molecule has 168 valence electrons. The molecule has 0 saturated carbocycles. The Kier molecular flexibility index (Phi) is 5.86. The van der Waals surface area contributed by atoms with Crippen molar-refractivity contribution >= 4 is 23.1 Å². The van der Waals surface area contributed by atoms with Gasteiger partial charge in [0, 0.05) is 31.4 Å². The van der Waals surface area contributed by atoms with Crippen LogP contribution in [0.5, 0.6) is 0 Å². The number of halogens is 1. The Labute approximate surface area is 187 Å². The van der Waals surface area contributed by atoms with E-state index in [-0.39, 0.29) is 29.7 Å². The molecule has 2 aromatic heterocycles. The van der Waals surface area contributed by atoms with E-state index in [2.05, 4.69) is 20.7 Å². The van der Waals surface area contributed by atoms with Gasteiger partial charge in [-0.1, -0.05) is 26.0 Å². The Morgan fingerprint density at radius 3 is 2.62 bits per heavy atom. The van der Waals surface area contributed by atoms with Gasteiger partial charge in [0.1, 0.15) is 17.7 Å². The lowest BCUT2D eigenvalue weighted by atomic mass is 9.98. The summed E-state index contributed by atoms with van der Waals surface area (Å²) < 4.78 is 15.1. The van der Waals surface area contributed by atoms with Gasteiger partial charge in [-0.2, -0.15) is 5.10 Å². The molecule has 0 fully saturated rings. The fraction of sp³-hybridized carbons (Fsp3) is 0.375. The van der Waals surface area contributed by atoms with Crippen molar-refractivity contribution in [3.05, 3.63) is 65.4 Å². The number of nitrogens with zero attached hydrogens (tertiary/aromatic N) is 4. The van der Waals surface area contributed by atoms with E-state index in [0.717, 1.165) is 34.0 Å². The summed E-state index contributed by atoms with van der Waals surface area (Å²) in [5, 5.41) is 10.9. The lowest BCUT2D eigenvalue weighted by Gasteiger charge is -2.38. The lowest BCUT2D eigenvalue weighted by Crippen LogP contribution is -2.49. The second-order valence-corrected chi connectivity index (χ2v) is 8.69. The molecule has 2 N–H and O–H groups in total. The van der Waals surface area contributed by atoms with Crippen LogP contribution < -0.4 is 15.5 Å². The van der Waals surface area contributed by atoms with Gasteiger partial charge in [-0.3, -0.25) is 9.48 Å². The molecule has 2 atom stereocenters. The number of carbonyl (C=O) groups is 1. The molecule has 1 unspecified atom stereocenters. The molecule has 0 radical (unpaired) electrons. The van der Waals surface area contributed by atoms with E-state index in [4.69, 9.17) is 0 Å². The molecule has 3 heterocycles. The molecule has 0 aliphatic carbocycles. The van der Waals surface area contributed by atoms with Gasteiger partial charge in [0.15, 0.2) is 0 Å². The molecule has 32 heavy (non-hydrogen) atoms.